The lowest BCUT2D eigenvalue weighted by molar-refractivity contribution is 0.706. The molecule has 2 aromatic rings. The number of nitrogens with zero attached hydrogens (tertiary/aromatic N) is 1. The fraction of sp³-hybridized carbons (Fsp3) is 0.154. The van der Waals surface area contributed by atoms with Gasteiger partial charge >= 0.3 is 0 Å². The van der Waals surface area contributed by atoms with Gasteiger partial charge in [-0.2, -0.15) is 0 Å². The van der Waals surface area contributed by atoms with Crippen LogP contribution in [0, 0.1) is 0 Å². The van der Waals surface area contributed by atoms with E-state index in [9.17, 15) is 0 Å². The molecule has 0 bridgehead atoms. The Balaban J connectivity index is 2.08. The number of aromatic nitrogens is 1. The van der Waals surface area contributed by atoms with Crippen molar-refractivity contribution in [3.63, 3.8) is 0 Å². The van der Waals surface area contributed by atoms with Crippen molar-refractivity contribution in [1.29, 1.82) is 0 Å². The number of halogens is 1. The molecule has 2 nitrogen and oxygen atoms in total. The van der Waals surface area contributed by atoms with Crippen LogP contribution in [0.3, 0.4) is 0 Å². The van der Waals surface area contributed by atoms with Gasteiger partial charge in [-0.3, -0.25) is 4.98 Å². The standard InChI is InChI=1S/C13H13BrN2/c14-11-6-7-12(16-9-11)8-13(15)10-4-2-1-3-5-10/h1-7,9,13H,8,15H2. The molecule has 0 fully saturated rings. The molecule has 1 aromatic carbocycles. The molecule has 0 aliphatic rings. The number of pyridine rings is 1. The third-order valence-corrected chi connectivity index (χ3v) is 2.91. The van der Waals surface area contributed by atoms with Crippen LogP contribution in [0.25, 0.3) is 0 Å². The summed E-state index contributed by atoms with van der Waals surface area (Å²) in [7, 11) is 0. The highest BCUT2D eigenvalue weighted by Gasteiger charge is 2.06. The normalized spacial score (nSPS) is 12.4. The first-order chi connectivity index (χ1) is 7.75. The summed E-state index contributed by atoms with van der Waals surface area (Å²) < 4.78 is 0.990. The van der Waals surface area contributed by atoms with Crippen molar-refractivity contribution in [2.24, 2.45) is 5.73 Å². The largest absolute Gasteiger partial charge is 0.324 e. The van der Waals surface area contributed by atoms with Crippen LogP contribution in [0.1, 0.15) is 17.3 Å². The lowest BCUT2D eigenvalue weighted by atomic mass is 10.0. The average Bonchev–Trinajstić information content (AvgIpc) is 2.33. The van der Waals surface area contributed by atoms with Crippen molar-refractivity contribution in [1.82, 2.24) is 4.98 Å². The number of rotatable bonds is 3. The predicted octanol–water partition coefficient (Wildman–Crippen LogP) is 3.09. The van der Waals surface area contributed by atoms with Crippen LogP contribution >= 0.6 is 15.9 Å². The maximum atomic E-state index is 6.11. The van der Waals surface area contributed by atoms with E-state index in [-0.39, 0.29) is 6.04 Å². The quantitative estimate of drug-likeness (QED) is 0.936. The third kappa shape index (κ3) is 2.90. The van der Waals surface area contributed by atoms with Crippen molar-refractivity contribution < 1.29 is 0 Å². The van der Waals surface area contributed by atoms with E-state index in [0.717, 1.165) is 22.2 Å². The molecule has 3 heteroatoms. The van der Waals surface area contributed by atoms with E-state index in [1.165, 1.54) is 0 Å². The SMILES string of the molecule is NC(Cc1ccc(Br)cn1)c1ccccc1. The topological polar surface area (TPSA) is 38.9 Å². The molecule has 0 spiro atoms. The monoisotopic (exact) mass is 276 g/mol. The Bertz CT molecular complexity index is 439. The van der Waals surface area contributed by atoms with Gasteiger partial charge in [0.1, 0.15) is 0 Å². The Hall–Kier alpha value is -1.19. The molecule has 0 saturated heterocycles. The molecule has 2 rings (SSSR count). The van der Waals surface area contributed by atoms with Crippen LogP contribution in [-0.2, 0) is 6.42 Å². The second kappa shape index (κ2) is 5.23. The van der Waals surface area contributed by atoms with Gasteiger partial charge in [0.2, 0.25) is 0 Å². The van der Waals surface area contributed by atoms with Crippen molar-refractivity contribution in [3.8, 4) is 0 Å². The van der Waals surface area contributed by atoms with Crippen LogP contribution in [-0.4, -0.2) is 4.98 Å². The lowest BCUT2D eigenvalue weighted by Crippen LogP contribution is -2.13. The Morgan fingerprint density at radius 1 is 1.12 bits per heavy atom. The fourth-order valence-electron chi connectivity index (χ4n) is 1.57. The van der Waals surface area contributed by atoms with Gasteiger partial charge in [-0.1, -0.05) is 30.3 Å². The Morgan fingerprint density at radius 3 is 2.50 bits per heavy atom. The van der Waals surface area contributed by atoms with E-state index in [2.05, 4.69) is 20.9 Å². The Morgan fingerprint density at radius 2 is 1.88 bits per heavy atom. The van der Waals surface area contributed by atoms with Gasteiger partial charge in [0.05, 0.1) is 0 Å². The zero-order valence-electron chi connectivity index (χ0n) is 8.81. The summed E-state index contributed by atoms with van der Waals surface area (Å²) in [5.41, 5.74) is 8.27. The summed E-state index contributed by atoms with van der Waals surface area (Å²) in [6.07, 6.45) is 2.56. The minimum Gasteiger partial charge on any atom is -0.324 e. The molecule has 0 saturated carbocycles. The first kappa shape index (κ1) is 11.3. The highest BCUT2D eigenvalue weighted by molar-refractivity contribution is 9.10. The van der Waals surface area contributed by atoms with Gasteiger partial charge < -0.3 is 5.73 Å². The van der Waals surface area contributed by atoms with E-state index in [4.69, 9.17) is 5.73 Å². The second-order valence-electron chi connectivity index (χ2n) is 3.69. The molecule has 0 radical (unpaired) electrons. The minimum absolute atomic E-state index is 0.00914. The second-order valence-corrected chi connectivity index (χ2v) is 4.60. The summed E-state index contributed by atoms with van der Waals surface area (Å²) in [6.45, 7) is 0. The van der Waals surface area contributed by atoms with Crippen molar-refractivity contribution in [2.45, 2.75) is 12.5 Å². The van der Waals surface area contributed by atoms with E-state index >= 15 is 0 Å². The molecule has 2 N–H and O–H groups in total. The molecule has 1 atom stereocenters. The average molecular weight is 277 g/mol. The van der Waals surface area contributed by atoms with Gasteiger partial charge in [-0.05, 0) is 33.6 Å². The summed E-state index contributed by atoms with van der Waals surface area (Å²) >= 11 is 3.36. The Labute approximate surface area is 104 Å². The molecule has 0 aliphatic carbocycles. The van der Waals surface area contributed by atoms with Crippen molar-refractivity contribution in [2.75, 3.05) is 0 Å². The number of nitrogens with two attached hydrogens (primary N) is 1. The van der Waals surface area contributed by atoms with Crippen molar-refractivity contribution in [3.05, 3.63) is 64.4 Å². The van der Waals surface area contributed by atoms with Gasteiger partial charge in [0, 0.05) is 28.8 Å². The van der Waals surface area contributed by atoms with Gasteiger partial charge in [-0.15, -0.1) is 0 Å². The highest BCUT2D eigenvalue weighted by Crippen LogP contribution is 2.15. The predicted molar refractivity (Wildman–Crippen MR) is 69.0 cm³/mol. The van der Waals surface area contributed by atoms with Gasteiger partial charge in [-0.25, -0.2) is 0 Å². The Kier molecular flexibility index (Phi) is 3.70. The van der Waals surface area contributed by atoms with Gasteiger partial charge in [0.15, 0.2) is 0 Å². The number of benzene rings is 1. The van der Waals surface area contributed by atoms with Crippen molar-refractivity contribution >= 4 is 15.9 Å². The van der Waals surface area contributed by atoms with Crippen LogP contribution in [0.4, 0.5) is 0 Å². The fourth-order valence-corrected chi connectivity index (χ4v) is 1.81. The third-order valence-electron chi connectivity index (χ3n) is 2.45. The van der Waals surface area contributed by atoms with E-state index in [1.54, 1.807) is 6.20 Å². The lowest BCUT2D eigenvalue weighted by Gasteiger charge is -2.11. The van der Waals surface area contributed by atoms with Crippen LogP contribution < -0.4 is 5.73 Å². The summed E-state index contributed by atoms with van der Waals surface area (Å²) in [6, 6.07) is 14.1. The first-order valence-electron chi connectivity index (χ1n) is 5.16. The number of hydrogen-bond acceptors (Lipinski definition) is 2. The molecule has 1 aromatic heterocycles. The molecule has 1 unspecified atom stereocenters. The first-order valence-corrected chi connectivity index (χ1v) is 5.96. The molecular formula is C13H13BrN2. The molecule has 0 aliphatic heterocycles. The summed E-state index contributed by atoms with van der Waals surface area (Å²) in [4.78, 5) is 4.32. The van der Waals surface area contributed by atoms with E-state index in [1.807, 2.05) is 42.5 Å². The smallest absolute Gasteiger partial charge is 0.0423 e. The maximum Gasteiger partial charge on any atom is 0.0423 e. The highest BCUT2D eigenvalue weighted by atomic mass is 79.9. The molecule has 16 heavy (non-hydrogen) atoms. The zero-order valence-corrected chi connectivity index (χ0v) is 10.4. The number of hydrogen-bond donors (Lipinski definition) is 1. The molecular weight excluding hydrogens is 264 g/mol. The molecule has 1 heterocycles. The van der Waals surface area contributed by atoms with Crippen LogP contribution in [0.15, 0.2) is 53.1 Å². The summed E-state index contributed by atoms with van der Waals surface area (Å²) in [5.74, 6) is 0. The maximum absolute atomic E-state index is 6.11. The van der Waals surface area contributed by atoms with Gasteiger partial charge in [0.25, 0.3) is 0 Å². The zero-order chi connectivity index (χ0) is 11.4. The molecule has 82 valence electrons. The van der Waals surface area contributed by atoms with E-state index in [0.29, 0.717) is 0 Å². The molecule has 0 amide bonds. The van der Waals surface area contributed by atoms with Crippen LogP contribution in [0.5, 0.6) is 0 Å². The minimum atomic E-state index is 0.00914. The summed E-state index contributed by atoms with van der Waals surface area (Å²) in [5, 5.41) is 0. The van der Waals surface area contributed by atoms with Crippen LogP contribution in [0.2, 0.25) is 0 Å². The van der Waals surface area contributed by atoms with E-state index < -0.39 is 0 Å².